The lowest BCUT2D eigenvalue weighted by molar-refractivity contribution is 0.328. The lowest BCUT2D eigenvalue weighted by Gasteiger charge is -2.12. The van der Waals surface area contributed by atoms with E-state index in [1.165, 1.54) is 0 Å². The van der Waals surface area contributed by atoms with Crippen molar-refractivity contribution >= 4 is 22.7 Å². The third kappa shape index (κ3) is 3.04. The van der Waals surface area contributed by atoms with Crippen molar-refractivity contribution in [3.05, 3.63) is 42.5 Å². The van der Waals surface area contributed by atoms with Crippen LogP contribution in [0.25, 0.3) is 22.0 Å². The average molecular weight is 320 g/mol. The Bertz CT molecular complexity index is 919. The molecule has 0 saturated carbocycles. The number of nitriles is 1. The van der Waals surface area contributed by atoms with Gasteiger partial charge in [0.05, 0.1) is 18.0 Å². The van der Waals surface area contributed by atoms with Gasteiger partial charge in [0, 0.05) is 10.9 Å². The second-order valence-electron chi connectivity index (χ2n) is 5.06. The fourth-order valence-corrected chi connectivity index (χ4v) is 2.46. The molecule has 3 rings (SSSR count). The van der Waals surface area contributed by atoms with Gasteiger partial charge in [0.25, 0.3) is 0 Å². The first-order chi connectivity index (χ1) is 11.7. The molecule has 5 N–H and O–H groups in total. The first-order valence-electron chi connectivity index (χ1n) is 7.36. The quantitative estimate of drug-likeness (QED) is 0.375. The molecule has 7 heteroatoms. The molecule has 0 saturated heterocycles. The summed E-state index contributed by atoms with van der Waals surface area (Å²) in [5, 5.41) is 9.42. The number of hydrogen-bond donors (Lipinski definition) is 3. The number of benzene rings is 2. The molecule has 24 heavy (non-hydrogen) atoms. The number of hydrazine groups is 1. The summed E-state index contributed by atoms with van der Waals surface area (Å²) in [6, 6.07) is 15.4. The zero-order chi connectivity index (χ0) is 16.9. The number of rotatable bonds is 5. The maximum atomic E-state index is 8.66. The van der Waals surface area contributed by atoms with Crippen molar-refractivity contribution in [2.45, 2.75) is 6.42 Å². The first kappa shape index (κ1) is 15.5. The van der Waals surface area contributed by atoms with Gasteiger partial charge in [0.2, 0.25) is 5.95 Å². The largest absolute Gasteiger partial charge is 0.492 e. The van der Waals surface area contributed by atoms with Crippen LogP contribution in [0.3, 0.4) is 0 Å². The summed E-state index contributed by atoms with van der Waals surface area (Å²) in [6.45, 7) is 0.344. The Hall–Kier alpha value is -3.37. The van der Waals surface area contributed by atoms with E-state index in [4.69, 9.17) is 21.6 Å². The molecular weight excluding hydrogens is 304 g/mol. The van der Waals surface area contributed by atoms with Gasteiger partial charge >= 0.3 is 0 Å². The number of fused-ring (bicyclic) bond motifs is 1. The zero-order valence-electron chi connectivity index (χ0n) is 12.9. The third-order valence-corrected chi connectivity index (χ3v) is 3.52. The zero-order valence-corrected chi connectivity index (χ0v) is 12.9. The van der Waals surface area contributed by atoms with Gasteiger partial charge in [-0.15, -0.1) is 0 Å². The summed E-state index contributed by atoms with van der Waals surface area (Å²) in [5.41, 5.74) is 10.8. The SMILES string of the molecule is N#CCCOc1ccccc1-c1ccc2nc(N)nc(NN)c2c1. The van der Waals surface area contributed by atoms with E-state index in [1.54, 1.807) is 0 Å². The topological polar surface area (TPSA) is 123 Å². The molecule has 0 radical (unpaired) electrons. The smallest absolute Gasteiger partial charge is 0.222 e. The van der Waals surface area contributed by atoms with Crippen molar-refractivity contribution in [3.8, 4) is 22.9 Å². The molecule has 0 bridgehead atoms. The monoisotopic (exact) mass is 320 g/mol. The van der Waals surface area contributed by atoms with E-state index in [9.17, 15) is 0 Å². The van der Waals surface area contributed by atoms with Gasteiger partial charge in [0.1, 0.15) is 12.4 Å². The molecule has 0 atom stereocenters. The fourth-order valence-electron chi connectivity index (χ4n) is 2.46. The van der Waals surface area contributed by atoms with Crippen LogP contribution >= 0.6 is 0 Å². The van der Waals surface area contributed by atoms with Crippen LogP contribution in [0.1, 0.15) is 6.42 Å². The van der Waals surface area contributed by atoms with Crippen LogP contribution in [0, 0.1) is 11.3 Å². The molecular formula is C17H16N6O. The van der Waals surface area contributed by atoms with Crippen molar-refractivity contribution in [3.63, 3.8) is 0 Å². The number of anilines is 2. The minimum Gasteiger partial charge on any atom is -0.492 e. The maximum Gasteiger partial charge on any atom is 0.222 e. The number of ether oxygens (including phenoxy) is 1. The lowest BCUT2D eigenvalue weighted by Crippen LogP contribution is -2.11. The number of para-hydroxylation sites is 1. The predicted octanol–water partition coefficient (Wildman–Crippen LogP) is 2.46. The van der Waals surface area contributed by atoms with E-state index >= 15 is 0 Å². The number of nitrogens with two attached hydrogens (primary N) is 2. The normalized spacial score (nSPS) is 10.3. The average Bonchev–Trinajstić information content (AvgIpc) is 2.61. The summed E-state index contributed by atoms with van der Waals surface area (Å²) < 4.78 is 5.71. The first-order valence-corrected chi connectivity index (χ1v) is 7.36. The predicted molar refractivity (Wildman–Crippen MR) is 92.9 cm³/mol. The summed E-state index contributed by atoms with van der Waals surface area (Å²) >= 11 is 0. The van der Waals surface area contributed by atoms with E-state index in [2.05, 4.69) is 21.5 Å². The van der Waals surface area contributed by atoms with Crippen LogP contribution in [-0.2, 0) is 0 Å². The molecule has 0 amide bonds. The molecule has 0 spiro atoms. The Morgan fingerprint density at radius 3 is 2.79 bits per heavy atom. The van der Waals surface area contributed by atoms with Crippen LogP contribution in [0.4, 0.5) is 11.8 Å². The molecule has 7 nitrogen and oxygen atoms in total. The van der Waals surface area contributed by atoms with Crippen LogP contribution in [0.5, 0.6) is 5.75 Å². The minimum atomic E-state index is 0.156. The van der Waals surface area contributed by atoms with Crippen molar-refractivity contribution in [1.82, 2.24) is 9.97 Å². The van der Waals surface area contributed by atoms with Crippen LogP contribution in [0.2, 0.25) is 0 Å². The molecule has 120 valence electrons. The van der Waals surface area contributed by atoms with Gasteiger partial charge in [-0.3, -0.25) is 0 Å². The van der Waals surface area contributed by atoms with Crippen LogP contribution < -0.4 is 21.7 Å². The van der Waals surface area contributed by atoms with E-state index in [-0.39, 0.29) is 5.95 Å². The highest BCUT2D eigenvalue weighted by Gasteiger charge is 2.10. The van der Waals surface area contributed by atoms with Crippen molar-refractivity contribution in [2.75, 3.05) is 17.8 Å². The van der Waals surface area contributed by atoms with Gasteiger partial charge < -0.3 is 15.9 Å². The lowest BCUT2D eigenvalue weighted by atomic mass is 10.0. The van der Waals surface area contributed by atoms with Crippen molar-refractivity contribution in [2.24, 2.45) is 5.84 Å². The molecule has 1 heterocycles. The highest BCUT2D eigenvalue weighted by Crippen LogP contribution is 2.33. The third-order valence-electron chi connectivity index (χ3n) is 3.52. The Morgan fingerprint density at radius 2 is 2.00 bits per heavy atom. The molecule has 3 aromatic rings. The maximum absolute atomic E-state index is 8.66. The Morgan fingerprint density at radius 1 is 1.17 bits per heavy atom. The molecule has 0 unspecified atom stereocenters. The number of nitrogens with one attached hydrogen (secondary N) is 1. The number of aromatic nitrogens is 2. The summed E-state index contributed by atoms with van der Waals surface area (Å²) in [5.74, 6) is 6.86. The Balaban J connectivity index is 2.07. The second kappa shape index (κ2) is 6.81. The number of nitrogen functional groups attached to an aromatic ring is 2. The minimum absolute atomic E-state index is 0.156. The molecule has 0 aliphatic rings. The van der Waals surface area contributed by atoms with Gasteiger partial charge in [-0.05, 0) is 23.8 Å². The van der Waals surface area contributed by atoms with Gasteiger partial charge in [-0.2, -0.15) is 10.2 Å². The van der Waals surface area contributed by atoms with Gasteiger partial charge in [-0.1, -0.05) is 24.3 Å². The fraction of sp³-hybridized carbons (Fsp3) is 0.118. The highest BCUT2D eigenvalue weighted by atomic mass is 16.5. The molecule has 1 aromatic heterocycles. The molecule has 0 fully saturated rings. The van der Waals surface area contributed by atoms with Crippen LogP contribution in [-0.4, -0.2) is 16.6 Å². The Labute approximate surface area is 138 Å². The number of nitrogens with zero attached hydrogens (tertiary/aromatic N) is 3. The van der Waals surface area contributed by atoms with Crippen molar-refractivity contribution in [1.29, 1.82) is 5.26 Å². The van der Waals surface area contributed by atoms with Gasteiger partial charge in [-0.25, -0.2) is 10.8 Å². The molecule has 2 aromatic carbocycles. The van der Waals surface area contributed by atoms with Crippen molar-refractivity contribution < 1.29 is 4.74 Å². The van der Waals surface area contributed by atoms with E-state index in [0.29, 0.717) is 30.1 Å². The van der Waals surface area contributed by atoms with E-state index < -0.39 is 0 Å². The Kier molecular flexibility index (Phi) is 4.40. The van der Waals surface area contributed by atoms with E-state index in [0.717, 1.165) is 16.5 Å². The van der Waals surface area contributed by atoms with Crippen LogP contribution in [0.15, 0.2) is 42.5 Å². The highest BCUT2D eigenvalue weighted by molar-refractivity contribution is 5.93. The number of hydrogen-bond acceptors (Lipinski definition) is 7. The second-order valence-corrected chi connectivity index (χ2v) is 5.06. The standard InChI is InChI=1S/C17H16N6O/c18-8-3-9-24-15-5-2-1-4-12(15)11-6-7-14-13(10-11)16(23-20)22-17(19)21-14/h1-2,4-7,10H,3,9,20H2,(H3,19,21,22,23). The van der Waals surface area contributed by atoms with E-state index in [1.807, 2.05) is 42.5 Å². The van der Waals surface area contributed by atoms with Gasteiger partial charge in [0.15, 0.2) is 5.82 Å². The summed E-state index contributed by atoms with van der Waals surface area (Å²) in [6.07, 6.45) is 0.334. The molecule has 0 aliphatic heterocycles. The molecule has 0 aliphatic carbocycles. The summed E-state index contributed by atoms with van der Waals surface area (Å²) in [7, 11) is 0. The summed E-state index contributed by atoms with van der Waals surface area (Å²) in [4.78, 5) is 8.31.